The first-order chi connectivity index (χ1) is 8.61. The van der Waals surface area contributed by atoms with Gasteiger partial charge in [0.1, 0.15) is 0 Å². The molecule has 2 rings (SSSR count). The Kier molecular flexibility index (Phi) is 5.34. The van der Waals surface area contributed by atoms with Crippen LogP contribution in [0.2, 0.25) is 5.02 Å². The third-order valence-electron chi connectivity index (χ3n) is 4.14. The van der Waals surface area contributed by atoms with Crippen LogP contribution < -0.4 is 5.32 Å². The topological polar surface area (TPSA) is 12.0 Å². The Labute approximate surface area is 129 Å². The van der Waals surface area contributed by atoms with Gasteiger partial charge in [-0.25, -0.2) is 0 Å². The second-order valence-electron chi connectivity index (χ2n) is 5.45. The van der Waals surface area contributed by atoms with Crippen LogP contribution in [0.5, 0.6) is 0 Å². The van der Waals surface area contributed by atoms with Crippen molar-refractivity contribution >= 4 is 34.2 Å². The van der Waals surface area contributed by atoms with Gasteiger partial charge in [-0.05, 0) is 78.1 Å². The third-order valence-corrected chi connectivity index (χ3v) is 5.35. The van der Waals surface area contributed by atoms with Crippen LogP contribution in [0.25, 0.3) is 0 Å². The van der Waals surface area contributed by atoms with E-state index in [1.165, 1.54) is 34.8 Å². The van der Waals surface area contributed by atoms with Crippen LogP contribution in [0, 0.1) is 15.4 Å². The minimum Gasteiger partial charge on any atom is -0.313 e. The molecule has 1 aromatic carbocycles. The van der Waals surface area contributed by atoms with Gasteiger partial charge in [0, 0.05) is 14.6 Å². The smallest absolute Gasteiger partial charge is 0.0410 e. The number of hydrogen-bond acceptors (Lipinski definition) is 1. The van der Waals surface area contributed by atoms with Gasteiger partial charge in [0.2, 0.25) is 0 Å². The lowest BCUT2D eigenvalue weighted by molar-refractivity contribution is 0.237. The van der Waals surface area contributed by atoms with Gasteiger partial charge in [-0.3, -0.25) is 0 Å². The fraction of sp³-hybridized carbons (Fsp3) is 0.600. The molecule has 1 N–H and O–H groups in total. The van der Waals surface area contributed by atoms with Gasteiger partial charge >= 0.3 is 0 Å². The van der Waals surface area contributed by atoms with Crippen molar-refractivity contribution in [3.05, 3.63) is 32.4 Å². The summed E-state index contributed by atoms with van der Waals surface area (Å²) in [6.07, 6.45) is 5.38. The molecule has 0 heterocycles. The molecule has 100 valence electrons. The molecule has 0 saturated heterocycles. The molecular formula is C15H21ClIN. The van der Waals surface area contributed by atoms with Crippen molar-refractivity contribution < 1.29 is 0 Å². The van der Waals surface area contributed by atoms with Gasteiger partial charge in [-0.2, -0.15) is 0 Å². The predicted molar refractivity (Wildman–Crippen MR) is 87.1 cm³/mol. The SMILES string of the molecule is CNC(c1cc(Cl)ccc1I)C1CCC(C)CC1. The van der Waals surface area contributed by atoms with E-state index in [0.717, 1.165) is 16.9 Å². The fourth-order valence-corrected chi connectivity index (χ4v) is 3.87. The highest BCUT2D eigenvalue weighted by molar-refractivity contribution is 14.1. The maximum absolute atomic E-state index is 6.15. The van der Waals surface area contributed by atoms with E-state index in [0.29, 0.717) is 6.04 Å². The number of hydrogen-bond donors (Lipinski definition) is 1. The summed E-state index contributed by atoms with van der Waals surface area (Å²) in [4.78, 5) is 0. The minimum absolute atomic E-state index is 0.447. The molecule has 1 atom stereocenters. The zero-order chi connectivity index (χ0) is 13.1. The molecule has 1 aromatic rings. The average Bonchev–Trinajstić information content (AvgIpc) is 2.37. The van der Waals surface area contributed by atoms with Crippen molar-refractivity contribution in [2.24, 2.45) is 11.8 Å². The van der Waals surface area contributed by atoms with Crippen LogP contribution in [-0.4, -0.2) is 7.05 Å². The quantitative estimate of drug-likeness (QED) is 0.728. The first-order valence-electron chi connectivity index (χ1n) is 6.74. The molecular weight excluding hydrogens is 357 g/mol. The van der Waals surface area contributed by atoms with Crippen molar-refractivity contribution in [1.82, 2.24) is 5.32 Å². The minimum atomic E-state index is 0.447. The molecule has 0 radical (unpaired) electrons. The molecule has 3 heteroatoms. The molecule has 0 aliphatic heterocycles. The molecule has 1 aliphatic rings. The lowest BCUT2D eigenvalue weighted by Gasteiger charge is -2.33. The van der Waals surface area contributed by atoms with E-state index in [1.807, 2.05) is 6.07 Å². The van der Waals surface area contributed by atoms with Crippen molar-refractivity contribution in [3.63, 3.8) is 0 Å². The first kappa shape index (κ1) is 14.6. The van der Waals surface area contributed by atoms with Crippen molar-refractivity contribution in [1.29, 1.82) is 0 Å². The van der Waals surface area contributed by atoms with Gasteiger partial charge in [0.05, 0.1) is 0 Å². The van der Waals surface area contributed by atoms with E-state index in [1.54, 1.807) is 0 Å². The zero-order valence-corrected chi connectivity index (χ0v) is 14.0. The summed E-state index contributed by atoms with van der Waals surface area (Å²) in [5.74, 6) is 1.65. The van der Waals surface area contributed by atoms with Crippen LogP contribution in [0.15, 0.2) is 18.2 Å². The third kappa shape index (κ3) is 3.40. The second-order valence-corrected chi connectivity index (χ2v) is 7.05. The number of nitrogens with one attached hydrogen (secondary N) is 1. The highest BCUT2D eigenvalue weighted by Gasteiger charge is 2.27. The molecule has 0 aromatic heterocycles. The van der Waals surface area contributed by atoms with Crippen LogP contribution in [0.3, 0.4) is 0 Å². The Morgan fingerprint density at radius 3 is 2.56 bits per heavy atom. The molecule has 1 aliphatic carbocycles. The van der Waals surface area contributed by atoms with E-state index in [9.17, 15) is 0 Å². The lowest BCUT2D eigenvalue weighted by atomic mass is 9.77. The second kappa shape index (κ2) is 6.58. The Morgan fingerprint density at radius 2 is 1.94 bits per heavy atom. The Balaban J connectivity index is 2.19. The van der Waals surface area contributed by atoms with Gasteiger partial charge in [-0.15, -0.1) is 0 Å². The van der Waals surface area contributed by atoms with Crippen LogP contribution in [0.4, 0.5) is 0 Å². The molecule has 0 bridgehead atoms. The highest BCUT2D eigenvalue weighted by Crippen LogP contribution is 2.38. The zero-order valence-electron chi connectivity index (χ0n) is 11.0. The molecule has 1 unspecified atom stereocenters. The Morgan fingerprint density at radius 1 is 1.28 bits per heavy atom. The normalized spacial score (nSPS) is 26.0. The number of rotatable bonds is 3. The van der Waals surface area contributed by atoms with Crippen molar-refractivity contribution in [2.75, 3.05) is 7.05 Å². The summed E-state index contributed by atoms with van der Waals surface area (Å²) in [5, 5.41) is 4.35. The van der Waals surface area contributed by atoms with Gasteiger partial charge < -0.3 is 5.32 Å². The van der Waals surface area contributed by atoms with E-state index in [4.69, 9.17) is 11.6 Å². The monoisotopic (exact) mass is 377 g/mol. The average molecular weight is 378 g/mol. The summed E-state index contributed by atoms with van der Waals surface area (Å²) in [7, 11) is 2.07. The first-order valence-corrected chi connectivity index (χ1v) is 8.19. The maximum Gasteiger partial charge on any atom is 0.0410 e. The van der Waals surface area contributed by atoms with Gasteiger partial charge in [-0.1, -0.05) is 31.4 Å². The summed E-state index contributed by atoms with van der Waals surface area (Å²) < 4.78 is 1.31. The highest BCUT2D eigenvalue weighted by atomic mass is 127. The summed E-state index contributed by atoms with van der Waals surface area (Å²) in [6, 6.07) is 6.67. The molecule has 0 amide bonds. The summed E-state index contributed by atoms with van der Waals surface area (Å²) in [6.45, 7) is 2.37. The van der Waals surface area contributed by atoms with E-state index < -0.39 is 0 Å². The van der Waals surface area contributed by atoms with Crippen molar-refractivity contribution in [2.45, 2.75) is 38.6 Å². The molecule has 0 spiro atoms. The van der Waals surface area contributed by atoms with Crippen molar-refractivity contribution in [3.8, 4) is 0 Å². The Bertz CT molecular complexity index is 399. The van der Waals surface area contributed by atoms with E-state index >= 15 is 0 Å². The lowest BCUT2D eigenvalue weighted by Crippen LogP contribution is -2.29. The summed E-state index contributed by atoms with van der Waals surface area (Å²) >= 11 is 8.57. The Hall–Kier alpha value is 0.200. The van der Waals surface area contributed by atoms with E-state index in [-0.39, 0.29) is 0 Å². The summed E-state index contributed by atoms with van der Waals surface area (Å²) in [5.41, 5.74) is 1.37. The maximum atomic E-state index is 6.15. The molecule has 1 fully saturated rings. The molecule has 1 saturated carbocycles. The number of benzene rings is 1. The van der Waals surface area contributed by atoms with E-state index in [2.05, 4.69) is 54.0 Å². The molecule has 18 heavy (non-hydrogen) atoms. The van der Waals surface area contributed by atoms with Crippen LogP contribution in [0.1, 0.15) is 44.2 Å². The van der Waals surface area contributed by atoms with Crippen LogP contribution in [-0.2, 0) is 0 Å². The van der Waals surface area contributed by atoms with Crippen LogP contribution >= 0.6 is 34.2 Å². The van der Waals surface area contributed by atoms with Gasteiger partial charge in [0.15, 0.2) is 0 Å². The largest absolute Gasteiger partial charge is 0.313 e. The fourth-order valence-electron chi connectivity index (χ4n) is 3.02. The molecule has 1 nitrogen and oxygen atoms in total. The van der Waals surface area contributed by atoms with Gasteiger partial charge in [0.25, 0.3) is 0 Å². The standard InChI is InChI=1S/C15H21ClIN/c1-10-3-5-11(6-4-10)15(18-2)13-9-12(16)7-8-14(13)17/h7-11,15,18H,3-6H2,1-2H3. The predicted octanol–water partition coefficient (Wildman–Crippen LogP) is 5.03. The number of halogens is 2.